The van der Waals surface area contributed by atoms with Gasteiger partial charge in [0.1, 0.15) is 17.7 Å². The van der Waals surface area contributed by atoms with Gasteiger partial charge in [0.15, 0.2) is 11.6 Å². The molecule has 5 nitrogen and oxygen atoms in total. The smallest absolute Gasteiger partial charge is 0.248 e. The topological polar surface area (TPSA) is 66.5 Å². The van der Waals surface area contributed by atoms with Crippen LogP contribution in [0.25, 0.3) is 0 Å². The minimum atomic E-state index is -4.07. The fourth-order valence-corrected chi connectivity index (χ4v) is 3.43. The summed E-state index contributed by atoms with van der Waals surface area (Å²) >= 11 is 0. The summed E-state index contributed by atoms with van der Waals surface area (Å²) in [6, 6.07) is 3.32. The molecule has 26 heavy (non-hydrogen) atoms. The molecule has 1 N–H and O–H groups in total. The van der Waals surface area contributed by atoms with E-state index in [0.29, 0.717) is 22.5 Å². The quantitative estimate of drug-likeness (QED) is 0.798. The van der Waals surface area contributed by atoms with Gasteiger partial charge in [0.05, 0.1) is 17.6 Å². The van der Waals surface area contributed by atoms with Gasteiger partial charge in [-0.1, -0.05) is 0 Å². The molecule has 0 aromatic heterocycles. The summed E-state index contributed by atoms with van der Waals surface area (Å²) in [5.41, 5.74) is -0.643. The largest absolute Gasteiger partial charge is 0.322 e. The Bertz CT molecular complexity index is 951. The average molecular weight is 390 g/mol. The molecule has 0 aliphatic rings. The molecule has 0 heterocycles. The predicted molar refractivity (Wildman–Crippen MR) is 88.1 cm³/mol. The van der Waals surface area contributed by atoms with Crippen molar-refractivity contribution < 1.29 is 30.8 Å². The van der Waals surface area contributed by atoms with Gasteiger partial charge in [-0.3, -0.25) is 9.10 Å². The van der Waals surface area contributed by atoms with Crippen molar-refractivity contribution >= 4 is 27.3 Å². The minimum Gasteiger partial charge on any atom is -0.322 e. The Hall–Kier alpha value is -2.62. The minimum absolute atomic E-state index is 0.284. The highest BCUT2D eigenvalue weighted by molar-refractivity contribution is 7.92. The van der Waals surface area contributed by atoms with Crippen molar-refractivity contribution in [2.24, 2.45) is 0 Å². The lowest BCUT2D eigenvalue weighted by Crippen LogP contribution is -2.45. The number of benzene rings is 2. The van der Waals surface area contributed by atoms with E-state index >= 15 is 0 Å². The molecule has 2 aromatic carbocycles. The van der Waals surface area contributed by atoms with Gasteiger partial charge in [-0.05, 0) is 31.2 Å². The molecule has 1 amide bonds. The van der Waals surface area contributed by atoms with E-state index in [1.165, 1.54) is 6.92 Å². The SMILES string of the molecule is C[C@H](C(=O)Nc1ccc(F)cc1F)N(c1ccc(F)c(F)c1)S(C)(=O)=O. The lowest BCUT2D eigenvalue weighted by atomic mass is 10.2. The van der Waals surface area contributed by atoms with Crippen LogP contribution in [0.15, 0.2) is 36.4 Å². The van der Waals surface area contributed by atoms with Crippen molar-refractivity contribution in [1.29, 1.82) is 0 Å². The Morgan fingerprint density at radius 3 is 2.19 bits per heavy atom. The second kappa shape index (κ2) is 7.32. The number of hydrogen-bond donors (Lipinski definition) is 1. The maximum absolute atomic E-state index is 13.7. The van der Waals surface area contributed by atoms with Crippen molar-refractivity contribution in [3.05, 3.63) is 59.7 Å². The van der Waals surface area contributed by atoms with E-state index in [0.717, 1.165) is 24.5 Å². The van der Waals surface area contributed by atoms with Gasteiger partial charge in [-0.2, -0.15) is 0 Å². The summed E-state index contributed by atoms with van der Waals surface area (Å²) in [7, 11) is -4.07. The number of rotatable bonds is 5. The number of nitrogens with zero attached hydrogens (tertiary/aromatic N) is 1. The Morgan fingerprint density at radius 1 is 1.00 bits per heavy atom. The number of carbonyl (C=O) groups is 1. The Kier molecular flexibility index (Phi) is 5.55. The zero-order valence-electron chi connectivity index (χ0n) is 13.6. The monoisotopic (exact) mass is 390 g/mol. The third-order valence-electron chi connectivity index (χ3n) is 3.44. The second-order valence-corrected chi connectivity index (χ2v) is 7.31. The summed E-state index contributed by atoms with van der Waals surface area (Å²) in [4.78, 5) is 12.3. The van der Waals surface area contributed by atoms with Crippen molar-refractivity contribution in [3.8, 4) is 0 Å². The van der Waals surface area contributed by atoms with E-state index in [2.05, 4.69) is 5.32 Å². The van der Waals surface area contributed by atoms with Crippen LogP contribution in [-0.2, 0) is 14.8 Å². The van der Waals surface area contributed by atoms with Gasteiger partial charge >= 0.3 is 0 Å². The highest BCUT2D eigenvalue weighted by atomic mass is 32.2. The van der Waals surface area contributed by atoms with Crippen molar-refractivity contribution in [1.82, 2.24) is 0 Å². The molecule has 0 spiro atoms. The maximum Gasteiger partial charge on any atom is 0.248 e. The van der Waals surface area contributed by atoms with Crippen LogP contribution in [-0.4, -0.2) is 26.6 Å². The van der Waals surface area contributed by atoms with E-state index < -0.39 is 45.2 Å². The molecule has 2 aromatic rings. The van der Waals surface area contributed by atoms with Gasteiger partial charge in [0.25, 0.3) is 0 Å². The Labute approximate surface area is 147 Å². The molecular formula is C16H14F4N2O3S. The summed E-state index contributed by atoms with van der Waals surface area (Å²) in [6.45, 7) is 1.18. The molecule has 1 atom stereocenters. The molecule has 0 unspecified atom stereocenters. The van der Waals surface area contributed by atoms with E-state index in [4.69, 9.17) is 0 Å². The molecule has 0 aliphatic heterocycles. The van der Waals surface area contributed by atoms with Crippen molar-refractivity contribution in [3.63, 3.8) is 0 Å². The van der Waals surface area contributed by atoms with Gasteiger partial charge < -0.3 is 5.32 Å². The molecule has 10 heteroatoms. The highest BCUT2D eigenvalue weighted by Gasteiger charge is 2.30. The van der Waals surface area contributed by atoms with Gasteiger partial charge in [-0.15, -0.1) is 0 Å². The molecule has 0 radical (unpaired) electrons. The van der Waals surface area contributed by atoms with Crippen LogP contribution in [0.2, 0.25) is 0 Å². The van der Waals surface area contributed by atoms with Gasteiger partial charge in [0.2, 0.25) is 15.9 Å². The number of nitrogens with one attached hydrogen (secondary N) is 1. The Morgan fingerprint density at radius 2 is 1.65 bits per heavy atom. The van der Waals surface area contributed by atoms with E-state index in [1.807, 2.05) is 0 Å². The molecule has 0 saturated carbocycles. The van der Waals surface area contributed by atoms with Gasteiger partial charge in [0, 0.05) is 12.1 Å². The summed E-state index contributed by atoms with van der Waals surface area (Å²) in [6.07, 6.45) is 0.774. The van der Waals surface area contributed by atoms with E-state index in [-0.39, 0.29) is 11.4 Å². The summed E-state index contributed by atoms with van der Waals surface area (Å²) < 4.78 is 77.8. The van der Waals surface area contributed by atoms with Crippen molar-refractivity contribution in [2.45, 2.75) is 13.0 Å². The number of carbonyl (C=O) groups excluding carboxylic acids is 1. The van der Waals surface area contributed by atoms with E-state index in [1.54, 1.807) is 0 Å². The van der Waals surface area contributed by atoms with Crippen LogP contribution in [0, 0.1) is 23.3 Å². The molecule has 0 aliphatic carbocycles. The normalized spacial score (nSPS) is 12.5. The summed E-state index contributed by atoms with van der Waals surface area (Å²) in [5, 5.41) is 2.13. The fraction of sp³-hybridized carbons (Fsp3) is 0.188. The number of sulfonamides is 1. The number of amides is 1. The maximum atomic E-state index is 13.7. The molecule has 2 rings (SSSR count). The number of anilines is 2. The Balaban J connectivity index is 2.35. The third-order valence-corrected chi connectivity index (χ3v) is 4.68. The molecule has 140 valence electrons. The summed E-state index contributed by atoms with van der Waals surface area (Å²) in [5.74, 6) is -5.34. The zero-order chi connectivity index (χ0) is 19.6. The average Bonchev–Trinajstić information content (AvgIpc) is 2.52. The molecular weight excluding hydrogens is 376 g/mol. The van der Waals surface area contributed by atoms with Crippen molar-refractivity contribution in [2.75, 3.05) is 15.9 Å². The van der Waals surface area contributed by atoms with Crippen LogP contribution in [0.1, 0.15) is 6.92 Å². The van der Waals surface area contributed by atoms with Crippen LogP contribution in [0.3, 0.4) is 0 Å². The van der Waals surface area contributed by atoms with Crippen LogP contribution in [0.4, 0.5) is 28.9 Å². The lowest BCUT2D eigenvalue weighted by Gasteiger charge is -2.28. The van der Waals surface area contributed by atoms with E-state index in [9.17, 15) is 30.8 Å². The number of halogens is 4. The van der Waals surface area contributed by atoms with Crippen LogP contribution >= 0.6 is 0 Å². The molecule has 0 bridgehead atoms. The highest BCUT2D eigenvalue weighted by Crippen LogP contribution is 2.24. The van der Waals surface area contributed by atoms with Crippen LogP contribution in [0.5, 0.6) is 0 Å². The first-order valence-corrected chi connectivity index (χ1v) is 9.06. The molecule has 0 saturated heterocycles. The second-order valence-electron chi connectivity index (χ2n) is 5.45. The third kappa shape index (κ3) is 4.31. The first kappa shape index (κ1) is 19.7. The lowest BCUT2D eigenvalue weighted by molar-refractivity contribution is -0.116. The predicted octanol–water partition coefficient (Wildman–Crippen LogP) is 3.04. The fourth-order valence-electron chi connectivity index (χ4n) is 2.26. The van der Waals surface area contributed by atoms with Crippen LogP contribution < -0.4 is 9.62 Å². The first-order valence-electron chi connectivity index (χ1n) is 7.21. The molecule has 0 fully saturated rings. The standard InChI is InChI=1S/C16H14F4N2O3S/c1-9(16(23)21-15-6-3-10(17)7-14(15)20)22(26(2,24)25)11-4-5-12(18)13(19)8-11/h3-9H,1-2H3,(H,21,23)/t9-/m1/s1. The first-order chi connectivity index (χ1) is 12.0. The van der Waals surface area contributed by atoms with Gasteiger partial charge in [-0.25, -0.2) is 26.0 Å². The number of hydrogen-bond acceptors (Lipinski definition) is 3. The zero-order valence-corrected chi connectivity index (χ0v) is 14.5.